The molecule has 1 aromatic heterocycles. The molecule has 132 valence electrons. The van der Waals surface area contributed by atoms with E-state index in [4.69, 9.17) is 6.42 Å². The molecule has 0 saturated carbocycles. The number of terminal acetylenes is 1. The van der Waals surface area contributed by atoms with Gasteiger partial charge in [0.25, 0.3) is 0 Å². The first kappa shape index (κ1) is 17.1. The van der Waals surface area contributed by atoms with E-state index in [1.165, 1.54) is 27.8 Å². The van der Waals surface area contributed by atoms with Gasteiger partial charge in [-0.1, -0.05) is 54.5 Å². The maximum Gasteiger partial charge on any atom is 0.104 e. The Morgan fingerprint density at radius 1 is 0.926 bits per heavy atom. The molecule has 3 aromatic carbocycles. The van der Waals surface area contributed by atoms with Crippen molar-refractivity contribution in [1.82, 2.24) is 15.3 Å². The monoisotopic (exact) mass is 351 g/mol. The van der Waals surface area contributed by atoms with E-state index in [2.05, 4.69) is 87.9 Å². The molecule has 0 spiro atoms. The summed E-state index contributed by atoms with van der Waals surface area (Å²) in [5.41, 5.74) is 8.10. The maximum absolute atomic E-state index is 5.29. The van der Waals surface area contributed by atoms with Gasteiger partial charge in [0, 0.05) is 6.54 Å². The van der Waals surface area contributed by atoms with Crippen molar-refractivity contribution in [1.29, 1.82) is 0 Å². The molecule has 0 aliphatic heterocycles. The molecule has 0 radical (unpaired) electrons. The Balaban J connectivity index is 1.58. The van der Waals surface area contributed by atoms with Crippen LogP contribution < -0.4 is 5.32 Å². The number of imidazole rings is 1. The molecular weight excluding hydrogens is 330 g/mol. The van der Waals surface area contributed by atoms with Crippen LogP contribution in [0.4, 0.5) is 0 Å². The zero-order valence-electron chi connectivity index (χ0n) is 15.3. The number of aromatic nitrogens is 2. The second-order valence-corrected chi connectivity index (χ2v) is 6.64. The Labute approximate surface area is 159 Å². The summed E-state index contributed by atoms with van der Waals surface area (Å²) in [6.45, 7) is 3.34. The summed E-state index contributed by atoms with van der Waals surface area (Å²) >= 11 is 0. The molecule has 0 unspecified atom stereocenters. The maximum atomic E-state index is 5.29. The molecular formula is C24H21N3. The Morgan fingerprint density at radius 2 is 1.63 bits per heavy atom. The third-order valence-electron chi connectivity index (χ3n) is 4.64. The fourth-order valence-electron chi connectivity index (χ4n) is 3.31. The highest BCUT2D eigenvalue weighted by atomic mass is 14.9. The van der Waals surface area contributed by atoms with Crippen molar-refractivity contribution < 1.29 is 0 Å². The van der Waals surface area contributed by atoms with E-state index in [1.807, 2.05) is 6.92 Å². The van der Waals surface area contributed by atoms with Crippen molar-refractivity contribution >= 4 is 11.0 Å². The molecule has 0 aliphatic carbocycles. The lowest BCUT2D eigenvalue weighted by molar-refractivity contribution is 0.770. The average molecular weight is 351 g/mol. The van der Waals surface area contributed by atoms with E-state index >= 15 is 0 Å². The highest BCUT2D eigenvalue weighted by Crippen LogP contribution is 2.27. The molecule has 0 atom stereocenters. The van der Waals surface area contributed by atoms with Gasteiger partial charge in [0.2, 0.25) is 0 Å². The van der Waals surface area contributed by atoms with E-state index in [0.29, 0.717) is 6.54 Å². The first-order chi connectivity index (χ1) is 13.2. The van der Waals surface area contributed by atoms with Gasteiger partial charge in [-0.05, 0) is 52.9 Å². The lowest BCUT2D eigenvalue weighted by atomic mass is 9.99. The number of aryl methyl sites for hydroxylation is 1. The summed E-state index contributed by atoms with van der Waals surface area (Å²) in [6.07, 6.45) is 5.29. The van der Waals surface area contributed by atoms with E-state index in [-0.39, 0.29) is 0 Å². The average Bonchev–Trinajstić information content (AvgIpc) is 3.08. The molecule has 2 N–H and O–H groups in total. The van der Waals surface area contributed by atoms with E-state index in [0.717, 1.165) is 23.4 Å². The summed E-state index contributed by atoms with van der Waals surface area (Å²) in [4.78, 5) is 7.77. The summed E-state index contributed by atoms with van der Waals surface area (Å²) in [6, 6.07) is 23.6. The molecule has 3 nitrogen and oxygen atoms in total. The predicted molar refractivity (Wildman–Crippen MR) is 112 cm³/mol. The molecule has 4 rings (SSSR count). The van der Waals surface area contributed by atoms with Gasteiger partial charge in [0.05, 0.1) is 17.6 Å². The summed E-state index contributed by atoms with van der Waals surface area (Å²) in [5.74, 6) is 3.54. The quantitative estimate of drug-likeness (QED) is 0.395. The number of rotatable bonds is 5. The van der Waals surface area contributed by atoms with Crippen molar-refractivity contribution in [2.24, 2.45) is 0 Å². The van der Waals surface area contributed by atoms with Crippen LogP contribution in [0.15, 0.2) is 66.7 Å². The number of H-pyrrole nitrogens is 1. The summed E-state index contributed by atoms with van der Waals surface area (Å²) < 4.78 is 0. The number of aromatic amines is 1. The third-order valence-corrected chi connectivity index (χ3v) is 4.64. The number of nitrogens with one attached hydrogen (secondary N) is 2. The number of hydrogen-bond acceptors (Lipinski definition) is 2. The number of benzene rings is 3. The number of nitrogens with zero attached hydrogens (tertiary/aromatic N) is 1. The zero-order valence-corrected chi connectivity index (χ0v) is 15.3. The van der Waals surface area contributed by atoms with Crippen LogP contribution in [-0.4, -0.2) is 16.5 Å². The van der Waals surface area contributed by atoms with Crippen molar-refractivity contribution in [3.8, 4) is 34.6 Å². The minimum Gasteiger partial charge on any atom is -0.342 e. The SMILES string of the molecule is C#CCNCc1cccc(-c2ccc(-c3ccc4nc(C)[nH]c4c3)cc2)c1. The van der Waals surface area contributed by atoms with Crippen molar-refractivity contribution in [2.45, 2.75) is 13.5 Å². The lowest BCUT2D eigenvalue weighted by Gasteiger charge is -2.08. The minimum atomic E-state index is 0.582. The Hall–Kier alpha value is -3.35. The normalized spacial score (nSPS) is 10.8. The first-order valence-corrected chi connectivity index (χ1v) is 9.03. The van der Waals surface area contributed by atoms with Crippen LogP contribution in [0.2, 0.25) is 0 Å². The van der Waals surface area contributed by atoms with Gasteiger partial charge in [-0.2, -0.15) is 0 Å². The summed E-state index contributed by atoms with van der Waals surface area (Å²) in [5, 5.41) is 3.23. The third kappa shape index (κ3) is 3.76. The highest BCUT2D eigenvalue weighted by Gasteiger charge is 2.04. The molecule has 27 heavy (non-hydrogen) atoms. The van der Waals surface area contributed by atoms with Crippen molar-refractivity contribution in [2.75, 3.05) is 6.54 Å². The second-order valence-electron chi connectivity index (χ2n) is 6.64. The number of fused-ring (bicyclic) bond motifs is 1. The Kier molecular flexibility index (Phi) is 4.74. The molecule has 0 amide bonds. The van der Waals surface area contributed by atoms with Crippen LogP contribution in [-0.2, 0) is 6.54 Å². The van der Waals surface area contributed by atoms with E-state index < -0.39 is 0 Å². The second kappa shape index (κ2) is 7.49. The zero-order chi connectivity index (χ0) is 18.6. The van der Waals surface area contributed by atoms with Gasteiger partial charge in [-0.25, -0.2) is 4.98 Å². The molecule has 0 bridgehead atoms. The van der Waals surface area contributed by atoms with Crippen LogP contribution in [0.3, 0.4) is 0 Å². The molecule has 0 fully saturated rings. The topological polar surface area (TPSA) is 40.7 Å². The van der Waals surface area contributed by atoms with Gasteiger partial charge in [0.15, 0.2) is 0 Å². The minimum absolute atomic E-state index is 0.582. The van der Waals surface area contributed by atoms with Gasteiger partial charge >= 0.3 is 0 Å². The van der Waals surface area contributed by atoms with Gasteiger partial charge < -0.3 is 10.3 Å². The Bertz CT molecular complexity index is 1110. The summed E-state index contributed by atoms with van der Waals surface area (Å²) in [7, 11) is 0. The standard InChI is InChI=1S/C24H21N3/c1-3-13-25-16-18-5-4-6-21(14-18)19-7-9-20(10-8-19)22-11-12-23-24(15-22)27-17(2)26-23/h1,4-12,14-15,25H,13,16H2,2H3,(H,26,27). The molecule has 0 saturated heterocycles. The molecule has 1 heterocycles. The van der Waals surface area contributed by atoms with Crippen LogP contribution in [0.25, 0.3) is 33.3 Å². The molecule has 4 aromatic rings. The highest BCUT2D eigenvalue weighted by molar-refractivity contribution is 5.82. The lowest BCUT2D eigenvalue weighted by Crippen LogP contribution is -2.12. The van der Waals surface area contributed by atoms with Crippen LogP contribution in [0.1, 0.15) is 11.4 Å². The van der Waals surface area contributed by atoms with Crippen LogP contribution in [0, 0.1) is 19.3 Å². The Morgan fingerprint density at radius 3 is 2.37 bits per heavy atom. The molecule has 0 aliphatic rings. The largest absolute Gasteiger partial charge is 0.342 e. The van der Waals surface area contributed by atoms with Crippen molar-refractivity contribution in [3.63, 3.8) is 0 Å². The predicted octanol–water partition coefficient (Wildman–Crippen LogP) is 4.93. The van der Waals surface area contributed by atoms with Crippen LogP contribution >= 0.6 is 0 Å². The first-order valence-electron chi connectivity index (χ1n) is 9.03. The van der Waals surface area contributed by atoms with E-state index in [1.54, 1.807) is 0 Å². The van der Waals surface area contributed by atoms with Gasteiger partial charge in [-0.15, -0.1) is 6.42 Å². The van der Waals surface area contributed by atoms with Gasteiger partial charge in [0.1, 0.15) is 5.82 Å². The fraction of sp³-hybridized carbons (Fsp3) is 0.125. The van der Waals surface area contributed by atoms with Gasteiger partial charge in [-0.3, -0.25) is 0 Å². The number of hydrogen-bond donors (Lipinski definition) is 2. The van der Waals surface area contributed by atoms with E-state index in [9.17, 15) is 0 Å². The smallest absolute Gasteiger partial charge is 0.104 e. The van der Waals surface area contributed by atoms with Crippen LogP contribution in [0.5, 0.6) is 0 Å². The van der Waals surface area contributed by atoms with Crippen molar-refractivity contribution in [3.05, 3.63) is 78.1 Å². The fourth-order valence-corrected chi connectivity index (χ4v) is 3.31. The molecule has 3 heteroatoms.